The van der Waals surface area contributed by atoms with E-state index in [9.17, 15) is 18.0 Å². The van der Waals surface area contributed by atoms with Gasteiger partial charge in [-0.1, -0.05) is 41.9 Å². The van der Waals surface area contributed by atoms with Crippen molar-refractivity contribution >= 4 is 39.0 Å². The molecule has 0 unspecified atom stereocenters. The van der Waals surface area contributed by atoms with E-state index in [1.54, 1.807) is 42.5 Å². The molecule has 3 rings (SSSR count). The zero-order chi connectivity index (χ0) is 23.3. The van der Waals surface area contributed by atoms with Gasteiger partial charge in [0.25, 0.3) is 5.91 Å². The van der Waals surface area contributed by atoms with Gasteiger partial charge in [-0.05, 0) is 42.5 Å². The van der Waals surface area contributed by atoms with Crippen molar-refractivity contribution in [1.82, 2.24) is 0 Å². The minimum atomic E-state index is -3.40. The van der Waals surface area contributed by atoms with Crippen molar-refractivity contribution in [2.24, 2.45) is 0 Å². The number of hydrogen-bond acceptors (Lipinski definition) is 6. The van der Waals surface area contributed by atoms with Crippen LogP contribution in [0.25, 0.3) is 0 Å². The van der Waals surface area contributed by atoms with Crippen molar-refractivity contribution in [3.63, 3.8) is 0 Å². The number of amides is 1. The van der Waals surface area contributed by atoms with Crippen LogP contribution in [0.2, 0.25) is 5.02 Å². The Labute approximate surface area is 190 Å². The van der Waals surface area contributed by atoms with E-state index in [1.807, 2.05) is 0 Å². The number of rotatable bonds is 7. The summed E-state index contributed by atoms with van der Waals surface area (Å²) in [5.74, 6) is -0.909. The van der Waals surface area contributed by atoms with Gasteiger partial charge < -0.3 is 14.8 Å². The lowest BCUT2D eigenvalue weighted by Gasteiger charge is -2.18. The number of nitrogens with one attached hydrogen (secondary N) is 1. The van der Waals surface area contributed by atoms with Gasteiger partial charge in [-0.3, -0.25) is 4.79 Å². The molecule has 7 nitrogen and oxygen atoms in total. The number of halogens is 1. The molecule has 32 heavy (non-hydrogen) atoms. The van der Waals surface area contributed by atoms with E-state index < -0.39 is 27.8 Å². The monoisotopic (exact) mass is 473 g/mol. The number of carbonyl (C=O) groups excluding carboxylic acids is 2. The Kier molecular flexibility index (Phi) is 7.17. The molecule has 1 atom stereocenters. The van der Waals surface area contributed by atoms with Crippen molar-refractivity contribution in [1.29, 1.82) is 0 Å². The van der Waals surface area contributed by atoms with E-state index in [-0.39, 0.29) is 10.5 Å². The van der Waals surface area contributed by atoms with Gasteiger partial charge in [-0.15, -0.1) is 0 Å². The summed E-state index contributed by atoms with van der Waals surface area (Å²) in [6.45, 7) is 0. The number of anilines is 1. The lowest BCUT2D eigenvalue weighted by atomic mass is 10.1. The van der Waals surface area contributed by atoms with Crippen molar-refractivity contribution in [3.8, 4) is 5.75 Å². The maximum absolute atomic E-state index is 13.0. The molecule has 0 aliphatic rings. The van der Waals surface area contributed by atoms with Crippen molar-refractivity contribution in [2.45, 2.75) is 11.0 Å². The summed E-state index contributed by atoms with van der Waals surface area (Å²) in [4.78, 5) is 25.8. The third-order valence-electron chi connectivity index (χ3n) is 4.50. The number of hydrogen-bond donors (Lipinski definition) is 1. The second kappa shape index (κ2) is 9.84. The molecule has 0 aromatic heterocycles. The molecular formula is C23H20ClNO6S. The predicted molar refractivity (Wildman–Crippen MR) is 121 cm³/mol. The molecule has 0 spiro atoms. The van der Waals surface area contributed by atoms with Gasteiger partial charge in [0.05, 0.1) is 22.6 Å². The van der Waals surface area contributed by atoms with Gasteiger partial charge in [0.1, 0.15) is 5.75 Å². The van der Waals surface area contributed by atoms with E-state index >= 15 is 0 Å². The topological polar surface area (TPSA) is 98.8 Å². The molecule has 1 N–H and O–H groups in total. The van der Waals surface area contributed by atoms with Gasteiger partial charge in [-0.25, -0.2) is 13.2 Å². The Balaban J connectivity index is 1.84. The Bertz CT molecular complexity index is 1230. The SMILES string of the molecule is COc1ccc(NC(=O)[C@@H](OC(=O)c2ccc(S(C)(=O)=O)cc2)c2ccccc2)cc1Cl. The highest BCUT2D eigenvalue weighted by atomic mass is 35.5. The third-order valence-corrected chi connectivity index (χ3v) is 5.93. The standard InChI is InChI=1S/C23H20ClNO6S/c1-30-20-13-10-17(14-19(20)24)25-22(26)21(15-6-4-3-5-7-15)31-23(27)16-8-11-18(12-9-16)32(2,28)29/h3-14,21H,1-2H3,(H,25,26)/t21-/m0/s1. The Hall–Kier alpha value is -3.36. The minimum absolute atomic E-state index is 0.0720. The summed E-state index contributed by atoms with van der Waals surface area (Å²) in [5, 5.41) is 2.99. The highest BCUT2D eigenvalue weighted by molar-refractivity contribution is 7.90. The van der Waals surface area contributed by atoms with Crippen molar-refractivity contribution in [3.05, 3.63) is 88.9 Å². The van der Waals surface area contributed by atoms with E-state index in [1.165, 1.54) is 37.4 Å². The summed E-state index contributed by atoms with van der Waals surface area (Å²) in [6, 6.07) is 18.5. The molecule has 1 amide bonds. The number of methoxy groups -OCH3 is 1. The van der Waals surface area contributed by atoms with Crippen molar-refractivity contribution < 1.29 is 27.5 Å². The molecule has 0 radical (unpaired) electrons. The smallest absolute Gasteiger partial charge is 0.339 e. The van der Waals surface area contributed by atoms with Crippen LogP contribution in [0.4, 0.5) is 5.69 Å². The van der Waals surface area contributed by atoms with Crippen LogP contribution in [0.3, 0.4) is 0 Å². The molecule has 0 heterocycles. The van der Waals surface area contributed by atoms with E-state index in [4.69, 9.17) is 21.1 Å². The molecule has 0 aliphatic carbocycles. The second-order valence-corrected chi connectivity index (χ2v) is 9.25. The zero-order valence-corrected chi connectivity index (χ0v) is 18.8. The summed E-state index contributed by atoms with van der Waals surface area (Å²) >= 11 is 6.11. The maximum atomic E-state index is 13.0. The Morgan fingerprint density at radius 3 is 2.19 bits per heavy atom. The quantitative estimate of drug-likeness (QED) is 0.514. The van der Waals surface area contributed by atoms with Crippen LogP contribution in [0.5, 0.6) is 5.75 Å². The average Bonchev–Trinajstić information content (AvgIpc) is 2.77. The van der Waals surface area contributed by atoms with Gasteiger partial charge in [0, 0.05) is 17.5 Å². The molecule has 0 saturated heterocycles. The van der Waals surface area contributed by atoms with Crippen LogP contribution in [0, 0.1) is 0 Å². The van der Waals surface area contributed by atoms with Crippen LogP contribution in [0.15, 0.2) is 77.7 Å². The number of sulfone groups is 1. The maximum Gasteiger partial charge on any atom is 0.339 e. The van der Waals surface area contributed by atoms with E-state index in [0.717, 1.165) is 6.26 Å². The number of benzene rings is 3. The highest BCUT2D eigenvalue weighted by Crippen LogP contribution is 2.28. The van der Waals surface area contributed by atoms with Crippen molar-refractivity contribution in [2.75, 3.05) is 18.7 Å². The Morgan fingerprint density at radius 1 is 0.969 bits per heavy atom. The van der Waals surface area contributed by atoms with Crippen LogP contribution < -0.4 is 10.1 Å². The van der Waals surface area contributed by atoms with Gasteiger partial charge >= 0.3 is 5.97 Å². The first-order valence-corrected chi connectivity index (χ1v) is 11.7. The second-order valence-electron chi connectivity index (χ2n) is 6.83. The van der Waals surface area contributed by atoms with Crippen LogP contribution in [0.1, 0.15) is 22.0 Å². The summed E-state index contributed by atoms with van der Waals surface area (Å²) in [6.07, 6.45) is -0.180. The summed E-state index contributed by atoms with van der Waals surface area (Å²) < 4.78 is 33.8. The first-order chi connectivity index (χ1) is 15.2. The molecule has 0 bridgehead atoms. The van der Waals surface area contributed by atoms with E-state index in [2.05, 4.69) is 5.32 Å². The third kappa shape index (κ3) is 5.66. The number of carbonyl (C=O) groups is 2. The van der Waals surface area contributed by atoms with Gasteiger partial charge in [0.15, 0.2) is 9.84 Å². The number of ether oxygens (including phenoxy) is 2. The molecule has 0 fully saturated rings. The molecule has 3 aromatic rings. The summed E-state index contributed by atoms with van der Waals surface area (Å²) in [5.41, 5.74) is 0.972. The van der Waals surface area contributed by atoms with Gasteiger partial charge in [0.2, 0.25) is 6.10 Å². The normalized spacial score (nSPS) is 12.0. The van der Waals surface area contributed by atoms with Crippen LogP contribution in [-0.2, 0) is 19.4 Å². The molecule has 166 valence electrons. The number of esters is 1. The lowest BCUT2D eigenvalue weighted by molar-refractivity contribution is -0.125. The predicted octanol–water partition coefficient (Wildman–Crippen LogP) is 4.29. The fraction of sp³-hybridized carbons (Fsp3) is 0.130. The van der Waals surface area contributed by atoms with Crippen LogP contribution in [-0.4, -0.2) is 33.7 Å². The highest BCUT2D eigenvalue weighted by Gasteiger charge is 2.26. The zero-order valence-electron chi connectivity index (χ0n) is 17.2. The molecule has 0 aliphatic heterocycles. The first-order valence-electron chi connectivity index (χ1n) is 9.39. The molecular weight excluding hydrogens is 454 g/mol. The molecule has 3 aromatic carbocycles. The average molecular weight is 474 g/mol. The lowest BCUT2D eigenvalue weighted by Crippen LogP contribution is -2.26. The first kappa shape index (κ1) is 23.3. The fourth-order valence-electron chi connectivity index (χ4n) is 2.87. The largest absolute Gasteiger partial charge is 0.495 e. The minimum Gasteiger partial charge on any atom is -0.495 e. The van der Waals surface area contributed by atoms with E-state index in [0.29, 0.717) is 22.0 Å². The van der Waals surface area contributed by atoms with Crippen LogP contribution >= 0.6 is 11.6 Å². The molecule has 0 saturated carbocycles. The molecule has 9 heteroatoms. The van der Waals surface area contributed by atoms with Gasteiger partial charge in [-0.2, -0.15) is 0 Å². The Morgan fingerprint density at radius 2 is 1.62 bits per heavy atom. The fourth-order valence-corrected chi connectivity index (χ4v) is 3.75. The summed E-state index contributed by atoms with van der Waals surface area (Å²) in [7, 11) is -1.92.